The Morgan fingerprint density at radius 1 is 1.21 bits per heavy atom. The van der Waals surface area contributed by atoms with Crippen molar-refractivity contribution in [3.63, 3.8) is 0 Å². The molecule has 0 unspecified atom stereocenters. The molecule has 19 heavy (non-hydrogen) atoms. The molecule has 0 saturated carbocycles. The highest BCUT2D eigenvalue weighted by atomic mass is 15.3. The molecule has 3 nitrogen and oxygen atoms in total. The van der Waals surface area contributed by atoms with Crippen molar-refractivity contribution in [3.8, 4) is 5.69 Å². The molecule has 0 aliphatic rings. The molecule has 102 valence electrons. The highest BCUT2D eigenvalue weighted by Gasteiger charge is 2.07. The molecule has 2 aromatic rings. The first-order valence-corrected chi connectivity index (χ1v) is 7.07. The Kier molecular flexibility index (Phi) is 4.74. The summed E-state index contributed by atoms with van der Waals surface area (Å²) in [4.78, 5) is 0. The van der Waals surface area contributed by atoms with E-state index in [1.807, 2.05) is 10.9 Å². The molecule has 3 heteroatoms. The third-order valence-corrected chi connectivity index (χ3v) is 3.18. The van der Waals surface area contributed by atoms with Gasteiger partial charge in [0.2, 0.25) is 0 Å². The van der Waals surface area contributed by atoms with Gasteiger partial charge < -0.3 is 5.32 Å². The molecular weight excluding hydrogens is 234 g/mol. The Morgan fingerprint density at radius 3 is 2.68 bits per heavy atom. The Bertz CT molecular complexity index is 514. The van der Waals surface area contributed by atoms with Gasteiger partial charge in [-0.15, -0.1) is 0 Å². The zero-order valence-corrected chi connectivity index (χ0v) is 12.1. The maximum absolute atomic E-state index is 4.66. The van der Waals surface area contributed by atoms with Crippen LogP contribution in [0.15, 0.2) is 36.5 Å². The molecule has 0 fully saturated rings. The average molecular weight is 257 g/mol. The highest BCUT2D eigenvalue weighted by Crippen LogP contribution is 2.17. The quantitative estimate of drug-likeness (QED) is 0.803. The zero-order valence-electron chi connectivity index (χ0n) is 12.1. The van der Waals surface area contributed by atoms with Gasteiger partial charge >= 0.3 is 0 Å². The topological polar surface area (TPSA) is 29.9 Å². The van der Waals surface area contributed by atoms with E-state index in [4.69, 9.17) is 0 Å². The van der Waals surface area contributed by atoms with Gasteiger partial charge in [-0.2, -0.15) is 5.10 Å². The Hall–Kier alpha value is -1.61. The van der Waals surface area contributed by atoms with Gasteiger partial charge in [0.15, 0.2) is 0 Å². The summed E-state index contributed by atoms with van der Waals surface area (Å²) in [5.41, 5.74) is 3.59. The summed E-state index contributed by atoms with van der Waals surface area (Å²) in [7, 11) is 0. The van der Waals surface area contributed by atoms with Crippen molar-refractivity contribution >= 4 is 0 Å². The lowest BCUT2D eigenvalue weighted by atomic mass is 10.1. The van der Waals surface area contributed by atoms with Crippen LogP contribution in [-0.2, 0) is 6.54 Å². The monoisotopic (exact) mass is 257 g/mol. The van der Waals surface area contributed by atoms with Crippen LogP contribution in [0.1, 0.15) is 44.4 Å². The first kappa shape index (κ1) is 13.8. The SMILES string of the molecule is CCCNCc1ccccc1-n1ccc(C(C)C)n1. The molecule has 0 aliphatic heterocycles. The van der Waals surface area contributed by atoms with Gasteiger partial charge in [0, 0.05) is 12.7 Å². The van der Waals surface area contributed by atoms with Gasteiger partial charge in [-0.3, -0.25) is 0 Å². The summed E-state index contributed by atoms with van der Waals surface area (Å²) in [5.74, 6) is 0.464. The van der Waals surface area contributed by atoms with E-state index >= 15 is 0 Å². The Balaban J connectivity index is 2.22. The summed E-state index contributed by atoms with van der Waals surface area (Å²) in [6.45, 7) is 8.45. The van der Waals surface area contributed by atoms with Crippen molar-refractivity contribution in [2.75, 3.05) is 6.54 Å². The van der Waals surface area contributed by atoms with Crippen molar-refractivity contribution in [3.05, 3.63) is 47.8 Å². The van der Waals surface area contributed by atoms with Crippen LogP contribution in [0.4, 0.5) is 0 Å². The molecule has 2 rings (SSSR count). The highest BCUT2D eigenvalue weighted by molar-refractivity contribution is 5.40. The van der Waals surface area contributed by atoms with Crippen LogP contribution >= 0.6 is 0 Å². The normalized spacial score (nSPS) is 11.2. The third-order valence-electron chi connectivity index (χ3n) is 3.18. The largest absolute Gasteiger partial charge is 0.313 e. The van der Waals surface area contributed by atoms with Crippen molar-refractivity contribution < 1.29 is 0 Å². The van der Waals surface area contributed by atoms with Crippen LogP contribution in [0.5, 0.6) is 0 Å². The Morgan fingerprint density at radius 2 is 2.00 bits per heavy atom. The van der Waals surface area contributed by atoms with Crippen LogP contribution in [0.25, 0.3) is 5.69 Å². The van der Waals surface area contributed by atoms with Gasteiger partial charge in [-0.1, -0.05) is 39.0 Å². The van der Waals surface area contributed by atoms with E-state index in [1.165, 1.54) is 5.56 Å². The third kappa shape index (κ3) is 3.44. The predicted molar refractivity (Wildman–Crippen MR) is 79.7 cm³/mol. The number of hydrogen-bond acceptors (Lipinski definition) is 2. The maximum atomic E-state index is 4.66. The lowest BCUT2D eigenvalue weighted by molar-refractivity contribution is 0.669. The predicted octanol–water partition coefficient (Wildman–Crippen LogP) is 3.50. The number of benzene rings is 1. The summed E-state index contributed by atoms with van der Waals surface area (Å²) in [5, 5.41) is 8.11. The summed E-state index contributed by atoms with van der Waals surface area (Å²) >= 11 is 0. The number of hydrogen-bond donors (Lipinski definition) is 1. The van der Waals surface area contributed by atoms with Gasteiger partial charge in [0.1, 0.15) is 0 Å². The van der Waals surface area contributed by atoms with E-state index in [9.17, 15) is 0 Å². The average Bonchev–Trinajstić information content (AvgIpc) is 2.89. The fraction of sp³-hybridized carbons (Fsp3) is 0.438. The van der Waals surface area contributed by atoms with E-state index in [2.05, 4.69) is 61.5 Å². The zero-order chi connectivity index (χ0) is 13.7. The van der Waals surface area contributed by atoms with Gasteiger partial charge in [-0.05, 0) is 36.6 Å². The number of nitrogens with one attached hydrogen (secondary N) is 1. The lowest BCUT2D eigenvalue weighted by Gasteiger charge is -2.10. The molecule has 0 radical (unpaired) electrons. The summed E-state index contributed by atoms with van der Waals surface area (Å²) < 4.78 is 1.98. The van der Waals surface area contributed by atoms with Crippen molar-refractivity contribution in [1.82, 2.24) is 15.1 Å². The summed E-state index contributed by atoms with van der Waals surface area (Å²) in [6, 6.07) is 10.5. The standard InChI is InChI=1S/C16H23N3/c1-4-10-17-12-14-7-5-6-8-16(14)19-11-9-15(18-19)13(2)3/h5-9,11,13,17H,4,10,12H2,1-3H3. The van der Waals surface area contributed by atoms with Gasteiger partial charge in [0.05, 0.1) is 11.4 Å². The van der Waals surface area contributed by atoms with E-state index in [1.54, 1.807) is 0 Å². The molecule has 1 N–H and O–H groups in total. The molecule has 1 aromatic heterocycles. The van der Waals surface area contributed by atoms with Crippen LogP contribution in [0, 0.1) is 0 Å². The number of rotatable bonds is 6. The van der Waals surface area contributed by atoms with E-state index in [0.29, 0.717) is 5.92 Å². The number of para-hydroxylation sites is 1. The van der Waals surface area contributed by atoms with E-state index in [-0.39, 0.29) is 0 Å². The molecule has 0 saturated heterocycles. The lowest BCUT2D eigenvalue weighted by Crippen LogP contribution is -2.15. The number of aromatic nitrogens is 2. The second kappa shape index (κ2) is 6.53. The van der Waals surface area contributed by atoms with Crippen LogP contribution in [0.2, 0.25) is 0 Å². The van der Waals surface area contributed by atoms with Crippen LogP contribution in [0.3, 0.4) is 0 Å². The van der Waals surface area contributed by atoms with Gasteiger partial charge in [0.25, 0.3) is 0 Å². The van der Waals surface area contributed by atoms with Crippen molar-refractivity contribution in [2.24, 2.45) is 0 Å². The van der Waals surface area contributed by atoms with Crippen LogP contribution in [-0.4, -0.2) is 16.3 Å². The second-order valence-corrected chi connectivity index (χ2v) is 5.15. The minimum Gasteiger partial charge on any atom is -0.313 e. The van der Waals surface area contributed by atoms with E-state index in [0.717, 1.165) is 30.9 Å². The van der Waals surface area contributed by atoms with Gasteiger partial charge in [-0.25, -0.2) is 4.68 Å². The molecule has 0 aliphatic carbocycles. The minimum absolute atomic E-state index is 0.464. The Labute approximate surface area is 115 Å². The van der Waals surface area contributed by atoms with Crippen molar-refractivity contribution in [2.45, 2.75) is 39.7 Å². The molecule has 0 amide bonds. The van der Waals surface area contributed by atoms with Crippen LogP contribution < -0.4 is 5.32 Å². The molecular formula is C16H23N3. The van der Waals surface area contributed by atoms with Crippen molar-refractivity contribution in [1.29, 1.82) is 0 Å². The fourth-order valence-electron chi connectivity index (χ4n) is 2.06. The molecule has 1 heterocycles. The first-order chi connectivity index (χ1) is 9.22. The first-order valence-electron chi connectivity index (χ1n) is 7.07. The second-order valence-electron chi connectivity index (χ2n) is 5.15. The van der Waals surface area contributed by atoms with E-state index < -0.39 is 0 Å². The minimum atomic E-state index is 0.464. The number of nitrogens with zero attached hydrogens (tertiary/aromatic N) is 2. The smallest absolute Gasteiger partial charge is 0.0690 e. The maximum Gasteiger partial charge on any atom is 0.0690 e. The molecule has 0 bridgehead atoms. The summed E-state index contributed by atoms with van der Waals surface area (Å²) in [6.07, 6.45) is 3.20. The fourth-order valence-corrected chi connectivity index (χ4v) is 2.06. The molecule has 1 aromatic carbocycles. The molecule has 0 atom stereocenters. The molecule has 0 spiro atoms.